The van der Waals surface area contributed by atoms with Crippen LogP contribution < -0.4 is 0 Å². The Bertz CT molecular complexity index is 92.9. The molecular formula is C11H22. The maximum atomic E-state index is 2.31. The van der Waals surface area contributed by atoms with Gasteiger partial charge in [0.25, 0.3) is 0 Å². The van der Waals surface area contributed by atoms with Gasteiger partial charge in [0.05, 0.1) is 0 Å². The highest BCUT2D eigenvalue weighted by Crippen LogP contribution is 2.44. The monoisotopic (exact) mass is 154 g/mol. The topological polar surface area (TPSA) is 0 Å². The fraction of sp³-hybridized carbons (Fsp3) is 0.818. The average molecular weight is 154 g/mol. The second-order valence-electron chi connectivity index (χ2n) is 3.55. The molecule has 0 nitrogen and oxygen atoms in total. The van der Waals surface area contributed by atoms with Gasteiger partial charge in [0.2, 0.25) is 0 Å². The lowest BCUT2D eigenvalue weighted by Crippen LogP contribution is -1.58. The van der Waals surface area contributed by atoms with Crippen LogP contribution in [0.1, 0.15) is 41.0 Å². The second-order valence-corrected chi connectivity index (χ2v) is 3.55. The number of allylic oxidation sites excluding steroid dienone is 2. The fourth-order valence-electron chi connectivity index (χ4n) is 1.15. The van der Waals surface area contributed by atoms with Crippen LogP contribution in [0.15, 0.2) is 12.2 Å². The molecule has 0 aromatic heterocycles. The van der Waals surface area contributed by atoms with Crippen LogP contribution in [0.3, 0.4) is 0 Å². The minimum atomic E-state index is 1.02. The fourth-order valence-corrected chi connectivity index (χ4v) is 1.15. The van der Waals surface area contributed by atoms with Crippen molar-refractivity contribution < 1.29 is 0 Å². The third kappa shape index (κ3) is 4.23. The van der Waals surface area contributed by atoms with Gasteiger partial charge in [-0.05, 0) is 31.1 Å². The zero-order chi connectivity index (χ0) is 8.85. The first-order valence-corrected chi connectivity index (χ1v) is 4.76. The Morgan fingerprint density at radius 3 is 1.36 bits per heavy atom. The van der Waals surface area contributed by atoms with Crippen LogP contribution in [-0.2, 0) is 0 Å². The molecule has 0 radical (unpaired) electrons. The Labute approximate surface area is 71.7 Å². The van der Waals surface area contributed by atoms with Crippen LogP contribution >= 0.6 is 0 Å². The average Bonchev–Trinajstić information content (AvgIpc) is 2.49. The summed E-state index contributed by atoms with van der Waals surface area (Å²) in [4.78, 5) is 0. The molecule has 0 bridgehead atoms. The van der Waals surface area contributed by atoms with Crippen LogP contribution in [-0.4, -0.2) is 0 Å². The molecular weight excluding hydrogens is 132 g/mol. The molecule has 1 rings (SSSR count). The molecule has 0 heterocycles. The maximum absolute atomic E-state index is 2.31. The molecule has 0 spiro atoms. The first kappa shape index (κ1) is 10.7. The van der Waals surface area contributed by atoms with Crippen molar-refractivity contribution in [3.05, 3.63) is 12.2 Å². The molecule has 0 aliphatic heterocycles. The first-order valence-electron chi connectivity index (χ1n) is 4.76. The SMILES string of the molecule is C/C=C\CC.CC1C(C)C1C. The molecule has 0 atom stereocenters. The summed E-state index contributed by atoms with van der Waals surface area (Å²) in [5.74, 6) is 3.06. The van der Waals surface area contributed by atoms with Gasteiger partial charge in [-0.15, -0.1) is 0 Å². The molecule has 66 valence electrons. The highest BCUT2D eigenvalue weighted by atomic mass is 14.4. The molecule has 1 aliphatic rings. The van der Waals surface area contributed by atoms with Crippen molar-refractivity contribution in [2.75, 3.05) is 0 Å². The van der Waals surface area contributed by atoms with Gasteiger partial charge in [-0.2, -0.15) is 0 Å². The zero-order valence-electron chi connectivity index (χ0n) is 8.59. The quantitative estimate of drug-likeness (QED) is 0.503. The molecule has 0 unspecified atom stereocenters. The number of rotatable bonds is 1. The number of hydrogen-bond donors (Lipinski definition) is 0. The van der Waals surface area contributed by atoms with E-state index < -0.39 is 0 Å². The van der Waals surface area contributed by atoms with Crippen molar-refractivity contribution in [1.82, 2.24) is 0 Å². The molecule has 1 fully saturated rings. The summed E-state index contributed by atoms with van der Waals surface area (Å²) in [6.07, 6.45) is 5.34. The third-order valence-corrected chi connectivity index (χ3v) is 2.82. The van der Waals surface area contributed by atoms with Gasteiger partial charge in [-0.25, -0.2) is 0 Å². The summed E-state index contributed by atoms with van der Waals surface area (Å²) in [6.45, 7) is 11.1. The van der Waals surface area contributed by atoms with E-state index in [2.05, 4.69) is 39.8 Å². The standard InChI is InChI=1S/C6H12.C5H10/c1-4-5(2)6(4)3;1-3-5-4-2/h4-6H,1-3H3;3,5H,4H2,1-2H3/b;5-3-. The van der Waals surface area contributed by atoms with E-state index in [0.717, 1.165) is 24.2 Å². The second kappa shape index (κ2) is 5.40. The Morgan fingerprint density at radius 2 is 1.36 bits per heavy atom. The van der Waals surface area contributed by atoms with E-state index in [0.29, 0.717) is 0 Å². The zero-order valence-corrected chi connectivity index (χ0v) is 8.59. The predicted octanol–water partition coefficient (Wildman–Crippen LogP) is 3.88. The Morgan fingerprint density at radius 1 is 1.00 bits per heavy atom. The van der Waals surface area contributed by atoms with Crippen molar-refractivity contribution in [2.24, 2.45) is 17.8 Å². The van der Waals surface area contributed by atoms with Gasteiger partial charge in [-0.3, -0.25) is 0 Å². The minimum absolute atomic E-state index is 1.02. The van der Waals surface area contributed by atoms with E-state index in [1.165, 1.54) is 0 Å². The summed E-state index contributed by atoms with van der Waals surface area (Å²) in [5.41, 5.74) is 0. The third-order valence-electron chi connectivity index (χ3n) is 2.82. The summed E-state index contributed by atoms with van der Waals surface area (Å²) >= 11 is 0. The lowest BCUT2D eigenvalue weighted by Gasteiger charge is -1.66. The molecule has 0 amide bonds. The van der Waals surface area contributed by atoms with Gasteiger partial charge < -0.3 is 0 Å². The van der Waals surface area contributed by atoms with E-state index in [4.69, 9.17) is 0 Å². The minimum Gasteiger partial charge on any atom is -0.0917 e. The Hall–Kier alpha value is -0.260. The van der Waals surface area contributed by atoms with Gasteiger partial charge >= 0.3 is 0 Å². The first-order chi connectivity index (χ1) is 5.15. The van der Waals surface area contributed by atoms with Crippen LogP contribution in [0, 0.1) is 17.8 Å². The van der Waals surface area contributed by atoms with Crippen molar-refractivity contribution in [3.8, 4) is 0 Å². The maximum Gasteiger partial charge on any atom is -0.0379 e. The van der Waals surface area contributed by atoms with Crippen LogP contribution in [0.5, 0.6) is 0 Å². The normalized spacial score (nSPS) is 34.8. The highest BCUT2D eigenvalue weighted by molar-refractivity contribution is 4.86. The molecule has 1 aliphatic carbocycles. The van der Waals surface area contributed by atoms with Gasteiger partial charge in [0.1, 0.15) is 0 Å². The Balaban J connectivity index is 0.000000187. The molecule has 0 N–H and O–H groups in total. The van der Waals surface area contributed by atoms with E-state index >= 15 is 0 Å². The summed E-state index contributed by atoms with van der Waals surface area (Å²) < 4.78 is 0. The van der Waals surface area contributed by atoms with E-state index in [-0.39, 0.29) is 0 Å². The van der Waals surface area contributed by atoms with E-state index in [1.54, 1.807) is 0 Å². The molecule has 0 heteroatoms. The smallest absolute Gasteiger partial charge is 0.0379 e. The predicted molar refractivity (Wildman–Crippen MR) is 52.6 cm³/mol. The highest BCUT2D eigenvalue weighted by Gasteiger charge is 2.37. The molecule has 0 aromatic carbocycles. The van der Waals surface area contributed by atoms with E-state index in [1.807, 2.05) is 6.92 Å². The summed E-state index contributed by atoms with van der Waals surface area (Å²) in [7, 11) is 0. The summed E-state index contributed by atoms with van der Waals surface area (Å²) in [6, 6.07) is 0. The van der Waals surface area contributed by atoms with Crippen LogP contribution in [0.4, 0.5) is 0 Å². The van der Waals surface area contributed by atoms with Gasteiger partial charge in [0, 0.05) is 0 Å². The molecule has 0 aromatic rings. The molecule has 11 heavy (non-hydrogen) atoms. The lowest BCUT2D eigenvalue weighted by molar-refractivity contribution is 0.834. The van der Waals surface area contributed by atoms with E-state index in [9.17, 15) is 0 Å². The van der Waals surface area contributed by atoms with Crippen molar-refractivity contribution in [1.29, 1.82) is 0 Å². The van der Waals surface area contributed by atoms with Crippen molar-refractivity contribution in [2.45, 2.75) is 41.0 Å². The molecule has 1 saturated carbocycles. The van der Waals surface area contributed by atoms with Crippen molar-refractivity contribution in [3.63, 3.8) is 0 Å². The van der Waals surface area contributed by atoms with Crippen LogP contribution in [0.25, 0.3) is 0 Å². The van der Waals surface area contributed by atoms with Gasteiger partial charge in [0.15, 0.2) is 0 Å². The Kier molecular flexibility index (Phi) is 5.27. The summed E-state index contributed by atoms with van der Waals surface area (Å²) in [5, 5.41) is 0. The largest absolute Gasteiger partial charge is 0.0917 e. The van der Waals surface area contributed by atoms with Crippen molar-refractivity contribution >= 4 is 0 Å². The molecule has 0 saturated heterocycles. The number of hydrogen-bond acceptors (Lipinski definition) is 0. The van der Waals surface area contributed by atoms with Crippen LogP contribution in [0.2, 0.25) is 0 Å². The van der Waals surface area contributed by atoms with Gasteiger partial charge in [-0.1, -0.05) is 39.8 Å². The lowest BCUT2D eigenvalue weighted by atomic mass is 10.4.